The molecule has 1 amide bonds. The highest BCUT2D eigenvalue weighted by molar-refractivity contribution is 7.16. The average molecular weight is 338 g/mol. The Balaban J connectivity index is 1.93. The number of carbonyl (C=O) groups is 1. The summed E-state index contributed by atoms with van der Waals surface area (Å²) in [6.07, 6.45) is -4.61. The van der Waals surface area contributed by atoms with E-state index in [0.29, 0.717) is 15.9 Å². The van der Waals surface area contributed by atoms with Crippen molar-refractivity contribution in [2.75, 3.05) is 5.32 Å². The molecule has 23 heavy (non-hydrogen) atoms. The molecule has 0 unspecified atom stereocenters. The first kappa shape index (κ1) is 15.3. The molecule has 0 aliphatic heterocycles. The van der Waals surface area contributed by atoms with Gasteiger partial charge in [-0.1, -0.05) is 23.5 Å². The van der Waals surface area contributed by atoms with Gasteiger partial charge < -0.3 is 10.3 Å². The van der Waals surface area contributed by atoms with E-state index in [1.807, 2.05) is 0 Å². The maximum Gasteiger partial charge on any atom is 0.417 e. The molecular formula is C15H9F3N2O2S. The number of H-pyrrole nitrogens is 1. The van der Waals surface area contributed by atoms with Gasteiger partial charge in [-0.05, 0) is 30.3 Å². The lowest BCUT2D eigenvalue weighted by Crippen LogP contribution is -2.18. The topological polar surface area (TPSA) is 62.0 Å². The summed E-state index contributed by atoms with van der Waals surface area (Å²) in [7, 11) is 0. The van der Waals surface area contributed by atoms with Crippen LogP contribution in [0.2, 0.25) is 0 Å². The SMILES string of the molecule is O=C(Nc1ccc2[nH]c(=O)sc2c1)c1ccccc1C(F)(F)F. The molecule has 2 N–H and O–H groups in total. The van der Waals surface area contributed by atoms with Crippen molar-refractivity contribution in [3.8, 4) is 0 Å². The summed E-state index contributed by atoms with van der Waals surface area (Å²) in [5, 5.41) is 2.42. The van der Waals surface area contributed by atoms with Gasteiger partial charge in [-0.25, -0.2) is 0 Å². The van der Waals surface area contributed by atoms with E-state index in [4.69, 9.17) is 0 Å². The van der Waals surface area contributed by atoms with Gasteiger partial charge in [-0.15, -0.1) is 0 Å². The van der Waals surface area contributed by atoms with E-state index in [-0.39, 0.29) is 4.87 Å². The zero-order valence-corrected chi connectivity index (χ0v) is 12.2. The van der Waals surface area contributed by atoms with E-state index in [9.17, 15) is 22.8 Å². The summed E-state index contributed by atoms with van der Waals surface area (Å²) in [5.74, 6) is -0.861. The number of alkyl halides is 3. The Bertz CT molecular complexity index is 944. The van der Waals surface area contributed by atoms with Gasteiger partial charge in [-0.2, -0.15) is 13.2 Å². The fourth-order valence-corrected chi connectivity index (χ4v) is 2.93. The Morgan fingerprint density at radius 2 is 1.87 bits per heavy atom. The Morgan fingerprint density at radius 1 is 1.13 bits per heavy atom. The molecule has 8 heteroatoms. The zero-order valence-electron chi connectivity index (χ0n) is 11.4. The maximum absolute atomic E-state index is 12.9. The minimum atomic E-state index is -4.61. The van der Waals surface area contributed by atoms with Crippen LogP contribution in [-0.4, -0.2) is 10.9 Å². The zero-order chi connectivity index (χ0) is 16.6. The van der Waals surface area contributed by atoms with Gasteiger partial charge >= 0.3 is 11.0 Å². The lowest BCUT2D eigenvalue weighted by atomic mass is 10.1. The Kier molecular flexibility index (Phi) is 3.69. The molecule has 1 aromatic heterocycles. The molecule has 3 rings (SSSR count). The molecule has 3 aromatic rings. The van der Waals surface area contributed by atoms with Crippen LogP contribution in [0.3, 0.4) is 0 Å². The van der Waals surface area contributed by atoms with Crippen molar-refractivity contribution in [1.29, 1.82) is 0 Å². The fourth-order valence-electron chi connectivity index (χ4n) is 2.15. The highest BCUT2D eigenvalue weighted by Crippen LogP contribution is 2.32. The van der Waals surface area contributed by atoms with Crippen molar-refractivity contribution in [3.05, 3.63) is 63.3 Å². The number of carbonyl (C=O) groups excluding carboxylic acids is 1. The maximum atomic E-state index is 12.9. The molecule has 0 saturated heterocycles. The molecule has 0 spiro atoms. The number of nitrogens with one attached hydrogen (secondary N) is 2. The van der Waals surface area contributed by atoms with Crippen LogP contribution in [0.5, 0.6) is 0 Å². The number of aromatic nitrogens is 1. The van der Waals surface area contributed by atoms with Gasteiger partial charge in [0, 0.05) is 5.69 Å². The second-order valence-corrected chi connectivity index (χ2v) is 5.74. The van der Waals surface area contributed by atoms with Gasteiger partial charge in [0.25, 0.3) is 5.91 Å². The number of thiazole rings is 1. The van der Waals surface area contributed by atoms with E-state index in [1.54, 1.807) is 6.07 Å². The molecule has 1 heterocycles. The number of rotatable bonds is 2. The molecule has 118 valence electrons. The molecule has 4 nitrogen and oxygen atoms in total. The van der Waals surface area contributed by atoms with Crippen LogP contribution in [0.15, 0.2) is 47.3 Å². The number of halogens is 3. The monoisotopic (exact) mass is 338 g/mol. The van der Waals surface area contributed by atoms with E-state index < -0.39 is 23.2 Å². The molecule has 0 saturated carbocycles. The van der Waals surface area contributed by atoms with Gasteiger partial charge in [0.15, 0.2) is 0 Å². The van der Waals surface area contributed by atoms with Crippen molar-refractivity contribution in [2.24, 2.45) is 0 Å². The average Bonchev–Trinajstić information content (AvgIpc) is 2.85. The van der Waals surface area contributed by atoms with Gasteiger partial charge in [0.2, 0.25) is 0 Å². The number of hydrogen-bond acceptors (Lipinski definition) is 3. The standard InChI is InChI=1S/C15H9F3N2O2S/c16-15(17,18)10-4-2-1-3-9(10)13(21)19-8-5-6-11-12(7-8)23-14(22)20-11/h1-7H,(H,19,21)(H,20,22). The van der Waals surface area contributed by atoms with Crippen LogP contribution >= 0.6 is 11.3 Å². The first-order valence-corrected chi connectivity index (χ1v) is 7.27. The largest absolute Gasteiger partial charge is 0.417 e. The minimum Gasteiger partial charge on any atom is -0.322 e. The summed E-state index contributed by atoms with van der Waals surface area (Å²) in [6.45, 7) is 0. The van der Waals surface area contributed by atoms with Crippen molar-refractivity contribution in [2.45, 2.75) is 6.18 Å². The van der Waals surface area contributed by atoms with Crippen LogP contribution < -0.4 is 10.2 Å². The molecule has 0 aliphatic rings. The predicted molar refractivity (Wildman–Crippen MR) is 81.8 cm³/mol. The Labute approximate surface area is 131 Å². The third-order valence-corrected chi connectivity index (χ3v) is 4.00. The second-order valence-electron chi connectivity index (χ2n) is 4.72. The highest BCUT2D eigenvalue weighted by atomic mass is 32.1. The molecule has 0 atom stereocenters. The van der Waals surface area contributed by atoms with Crippen LogP contribution in [-0.2, 0) is 6.18 Å². The van der Waals surface area contributed by atoms with Crippen LogP contribution in [0.25, 0.3) is 10.2 Å². The Hall–Kier alpha value is -2.61. The quantitative estimate of drug-likeness (QED) is 0.745. The molecule has 0 radical (unpaired) electrons. The molecule has 0 bridgehead atoms. The highest BCUT2D eigenvalue weighted by Gasteiger charge is 2.34. The summed E-state index contributed by atoms with van der Waals surface area (Å²) >= 11 is 0.954. The third kappa shape index (κ3) is 3.11. The lowest BCUT2D eigenvalue weighted by Gasteiger charge is -2.12. The number of hydrogen-bond donors (Lipinski definition) is 2. The summed E-state index contributed by atoms with van der Waals surface area (Å²) in [4.78, 5) is 25.8. The number of benzene rings is 2. The summed E-state index contributed by atoms with van der Waals surface area (Å²) in [6, 6.07) is 9.19. The van der Waals surface area contributed by atoms with Crippen LogP contribution in [0.1, 0.15) is 15.9 Å². The molecular weight excluding hydrogens is 329 g/mol. The number of anilines is 1. The fraction of sp³-hybridized carbons (Fsp3) is 0.0667. The third-order valence-electron chi connectivity index (χ3n) is 3.16. The van der Waals surface area contributed by atoms with E-state index in [2.05, 4.69) is 10.3 Å². The normalized spacial score (nSPS) is 11.6. The first-order valence-electron chi connectivity index (χ1n) is 6.45. The van der Waals surface area contributed by atoms with Crippen molar-refractivity contribution in [3.63, 3.8) is 0 Å². The smallest absolute Gasteiger partial charge is 0.322 e. The molecule has 0 aliphatic carbocycles. The van der Waals surface area contributed by atoms with Gasteiger partial charge in [0.05, 0.1) is 21.3 Å². The molecule has 0 fully saturated rings. The van der Waals surface area contributed by atoms with Crippen LogP contribution in [0.4, 0.5) is 18.9 Å². The predicted octanol–water partition coefficient (Wildman–Crippen LogP) is 3.86. The summed E-state index contributed by atoms with van der Waals surface area (Å²) in [5.41, 5.74) is -0.532. The lowest BCUT2D eigenvalue weighted by molar-refractivity contribution is -0.137. The first-order chi connectivity index (χ1) is 10.8. The van der Waals surface area contributed by atoms with E-state index in [0.717, 1.165) is 23.5 Å². The van der Waals surface area contributed by atoms with Crippen LogP contribution in [0, 0.1) is 0 Å². The number of amides is 1. The minimum absolute atomic E-state index is 0.245. The van der Waals surface area contributed by atoms with Crippen molar-refractivity contribution in [1.82, 2.24) is 4.98 Å². The summed E-state index contributed by atoms with van der Waals surface area (Å²) < 4.78 is 39.4. The Morgan fingerprint density at radius 3 is 2.61 bits per heavy atom. The van der Waals surface area contributed by atoms with E-state index in [1.165, 1.54) is 24.3 Å². The van der Waals surface area contributed by atoms with Gasteiger partial charge in [-0.3, -0.25) is 9.59 Å². The second kappa shape index (κ2) is 5.54. The van der Waals surface area contributed by atoms with E-state index >= 15 is 0 Å². The van der Waals surface area contributed by atoms with Gasteiger partial charge in [0.1, 0.15) is 0 Å². The van der Waals surface area contributed by atoms with Crippen molar-refractivity contribution >= 4 is 33.1 Å². The number of aromatic amines is 1. The number of fused-ring (bicyclic) bond motifs is 1. The van der Waals surface area contributed by atoms with Crippen molar-refractivity contribution < 1.29 is 18.0 Å². The molecule has 2 aromatic carbocycles.